The first-order valence-corrected chi connectivity index (χ1v) is 11.5. The summed E-state index contributed by atoms with van der Waals surface area (Å²) in [5, 5.41) is 5.50. The molecule has 1 aliphatic rings. The second kappa shape index (κ2) is 11.2. The van der Waals surface area contributed by atoms with Crippen LogP contribution in [0.5, 0.6) is 0 Å². The van der Waals surface area contributed by atoms with Gasteiger partial charge in [0.15, 0.2) is 12.4 Å². The van der Waals surface area contributed by atoms with Gasteiger partial charge in [0.2, 0.25) is 0 Å². The van der Waals surface area contributed by atoms with E-state index in [2.05, 4.69) is 10.6 Å². The summed E-state index contributed by atoms with van der Waals surface area (Å²) in [6.07, 6.45) is 1.84. The Kier molecular flexibility index (Phi) is 7.67. The first kappa shape index (κ1) is 23.9. The van der Waals surface area contributed by atoms with Gasteiger partial charge in [0.25, 0.3) is 11.8 Å². The smallest absolute Gasteiger partial charge is 0.306 e. The molecule has 35 heavy (non-hydrogen) atoms. The molecule has 3 aromatic carbocycles. The van der Waals surface area contributed by atoms with E-state index in [0.717, 1.165) is 24.0 Å². The molecule has 3 aromatic rings. The summed E-state index contributed by atoms with van der Waals surface area (Å²) < 4.78 is 5.00. The highest BCUT2D eigenvalue weighted by Crippen LogP contribution is 2.21. The lowest BCUT2D eigenvalue weighted by Gasteiger charge is -2.09. The van der Waals surface area contributed by atoms with Crippen molar-refractivity contribution in [3.8, 4) is 11.1 Å². The number of hydrogen-bond acceptors (Lipinski definition) is 5. The van der Waals surface area contributed by atoms with Crippen molar-refractivity contribution in [3.63, 3.8) is 0 Å². The summed E-state index contributed by atoms with van der Waals surface area (Å²) in [5.74, 6) is -1.52. The van der Waals surface area contributed by atoms with Crippen molar-refractivity contribution < 1.29 is 23.9 Å². The van der Waals surface area contributed by atoms with Crippen LogP contribution in [0.4, 0.5) is 5.69 Å². The van der Waals surface area contributed by atoms with Crippen LogP contribution in [0.1, 0.15) is 46.4 Å². The molecule has 7 heteroatoms. The number of ether oxygens (including phenoxy) is 1. The first-order chi connectivity index (χ1) is 17.0. The number of carbonyl (C=O) groups is 4. The molecule has 0 heterocycles. The topological polar surface area (TPSA) is 102 Å². The van der Waals surface area contributed by atoms with Crippen LogP contribution in [0, 0.1) is 0 Å². The van der Waals surface area contributed by atoms with E-state index in [1.54, 1.807) is 36.4 Å². The van der Waals surface area contributed by atoms with E-state index in [1.807, 2.05) is 42.5 Å². The minimum atomic E-state index is -0.632. The summed E-state index contributed by atoms with van der Waals surface area (Å²) in [6, 6.07) is 23.8. The third kappa shape index (κ3) is 7.11. The summed E-state index contributed by atoms with van der Waals surface area (Å²) >= 11 is 0. The van der Waals surface area contributed by atoms with Gasteiger partial charge in [0.1, 0.15) is 0 Å². The molecule has 0 bridgehead atoms. The summed E-state index contributed by atoms with van der Waals surface area (Å²) in [4.78, 5) is 48.7. The third-order valence-electron chi connectivity index (χ3n) is 5.56. The molecule has 1 saturated carbocycles. The van der Waals surface area contributed by atoms with Crippen molar-refractivity contribution in [2.24, 2.45) is 0 Å². The first-order valence-electron chi connectivity index (χ1n) is 11.5. The maximum atomic E-state index is 12.4. The molecule has 0 spiro atoms. The standard InChI is InChI=1S/C28H26N2O5/c31-25(21-11-9-20(10-12-21)19-5-2-1-3-6-19)15-16-27(33)35-18-26(32)29-24-8-4-7-22(17-24)28(34)30-23-13-14-23/h1-12,17,23H,13-16,18H2,(H,29,32)(H,30,34). The fourth-order valence-electron chi connectivity index (χ4n) is 3.49. The van der Waals surface area contributed by atoms with Gasteiger partial charge in [-0.1, -0.05) is 60.7 Å². The number of carbonyl (C=O) groups excluding carboxylic acids is 4. The van der Waals surface area contributed by atoms with Crippen LogP contribution in [0.2, 0.25) is 0 Å². The Morgan fingerprint density at radius 1 is 0.771 bits per heavy atom. The Bertz CT molecular complexity index is 1220. The minimum absolute atomic E-state index is 0.0106. The molecule has 2 amide bonds. The van der Waals surface area contributed by atoms with Crippen LogP contribution < -0.4 is 10.6 Å². The highest BCUT2D eigenvalue weighted by Gasteiger charge is 2.23. The van der Waals surface area contributed by atoms with Crippen LogP contribution in [0.25, 0.3) is 11.1 Å². The number of anilines is 1. The maximum absolute atomic E-state index is 12.4. The molecule has 178 valence electrons. The zero-order chi connectivity index (χ0) is 24.6. The van der Waals surface area contributed by atoms with Crippen molar-refractivity contribution in [3.05, 3.63) is 90.0 Å². The van der Waals surface area contributed by atoms with Gasteiger partial charge in [-0.3, -0.25) is 19.2 Å². The quantitative estimate of drug-likeness (QED) is 0.338. The molecule has 4 rings (SSSR count). The summed E-state index contributed by atoms with van der Waals surface area (Å²) in [5.41, 5.74) is 3.45. The van der Waals surface area contributed by atoms with E-state index in [1.165, 1.54) is 0 Å². The number of benzene rings is 3. The van der Waals surface area contributed by atoms with Gasteiger partial charge in [-0.15, -0.1) is 0 Å². The number of ketones is 1. The molecule has 1 fully saturated rings. The zero-order valence-corrected chi connectivity index (χ0v) is 19.2. The second-order valence-electron chi connectivity index (χ2n) is 8.40. The molecular weight excluding hydrogens is 444 g/mol. The van der Waals surface area contributed by atoms with Gasteiger partial charge in [-0.25, -0.2) is 0 Å². The van der Waals surface area contributed by atoms with Gasteiger partial charge in [0.05, 0.1) is 6.42 Å². The molecule has 7 nitrogen and oxygen atoms in total. The van der Waals surface area contributed by atoms with Gasteiger partial charge in [-0.2, -0.15) is 0 Å². The number of rotatable bonds is 10. The van der Waals surface area contributed by atoms with E-state index in [-0.39, 0.29) is 30.6 Å². The number of Topliss-reactive ketones (excluding diaryl/α,β-unsaturated/α-hetero) is 1. The highest BCUT2D eigenvalue weighted by molar-refractivity contribution is 5.99. The summed E-state index contributed by atoms with van der Waals surface area (Å²) in [7, 11) is 0. The number of hydrogen-bond donors (Lipinski definition) is 2. The lowest BCUT2D eigenvalue weighted by atomic mass is 10.0. The Morgan fingerprint density at radius 2 is 1.49 bits per heavy atom. The average molecular weight is 471 g/mol. The molecule has 2 N–H and O–H groups in total. The molecule has 0 radical (unpaired) electrons. The Labute approximate surface area is 203 Å². The molecule has 0 saturated heterocycles. The lowest BCUT2D eigenvalue weighted by Crippen LogP contribution is -2.25. The molecule has 0 atom stereocenters. The van der Waals surface area contributed by atoms with Gasteiger partial charge in [-0.05, 0) is 42.2 Å². The van der Waals surface area contributed by atoms with Crippen LogP contribution in [-0.4, -0.2) is 36.2 Å². The monoisotopic (exact) mass is 470 g/mol. The van der Waals surface area contributed by atoms with Crippen molar-refractivity contribution in [1.82, 2.24) is 5.32 Å². The van der Waals surface area contributed by atoms with Crippen LogP contribution in [-0.2, 0) is 14.3 Å². The SMILES string of the molecule is O=C(COC(=O)CCC(=O)c1ccc(-c2ccccc2)cc1)Nc1cccc(C(=O)NC2CC2)c1. The van der Waals surface area contributed by atoms with Crippen LogP contribution in [0.15, 0.2) is 78.9 Å². The number of esters is 1. The predicted octanol–water partition coefficient (Wildman–Crippen LogP) is 4.39. The normalized spacial score (nSPS) is 12.5. The van der Waals surface area contributed by atoms with E-state index < -0.39 is 18.5 Å². The van der Waals surface area contributed by atoms with Crippen molar-refractivity contribution in [2.75, 3.05) is 11.9 Å². The Hall–Kier alpha value is -4.26. The summed E-state index contributed by atoms with van der Waals surface area (Å²) in [6.45, 7) is -0.475. The molecule has 0 aromatic heterocycles. The molecular formula is C28H26N2O5. The van der Waals surface area contributed by atoms with E-state index in [0.29, 0.717) is 16.8 Å². The second-order valence-corrected chi connectivity index (χ2v) is 8.40. The fourth-order valence-corrected chi connectivity index (χ4v) is 3.49. The highest BCUT2D eigenvalue weighted by atomic mass is 16.5. The maximum Gasteiger partial charge on any atom is 0.306 e. The van der Waals surface area contributed by atoms with E-state index >= 15 is 0 Å². The zero-order valence-electron chi connectivity index (χ0n) is 19.2. The van der Waals surface area contributed by atoms with Crippen molar-refractivity contribution in [2.45, 2.75) is 31.7 Å². The molecule has 1 aliphatic carbocycles. The number of nitrogens with one attached hydrogen (secondary N) is 2. The van der Waals surface area contributed by atoms with Crippen LogP contribution in [0.3, 0.4) is 0 Å². The number of amides is 2. The third-order valence-corrected chi connectivity index (χ3v) is 5.56. The van der Waals surface area contributed by atoms with E-state index in [4.69, 9.17) is 4.74 Å². The minimum Gasteiger partial charge on any atom is -0.456 e. The Morgan fingerprint density at radius 3 is 2.20 bits per heavy atom. The fraction of sp³-hybridized carbons (Fsp3) is 0.214. The van der Waals surface area contributed by atoms with Gasteiger partial charge < -0.3 is 15.4 Å². The van der Waals surface area contributed by atoms with Crippen molar-refractivity contribution >= 4 is 29.3 Å². The average Bonchev–Trinajstić information content (AvgIpc) is 3.71. The predicted molar refractivity (Wildman–Crippen MR) is 132 cm³/mol. The largest absolute Gasteiger partial charge is 0.456 e. The molecule has 0 aliphatic heterocycles. The van der Waals surface area contributed by atoms with Gasteiger partial charge in [0, 0.05) is 29.3 Å². The van der Waals surface area contributed by atoms with Gasteiger partial charge >= 0.3 is 5.97 Å². The van der Waals surface area contributed by atoms with Crippen LogP contribution >= 0.6 is 0 Å². The van der Waals surface area contributed by atoms with E-state index in [9.17, 15) is 19.2 Å². The van der Waals surface area contributed by atoms with Crippen molar-refractivity contribution in [1.29, 1.82) is 0 Å². The Balaban J connectivity index is 1.19. The molecule has 0 unspecified atom stereocenters. The lowest BCUT2D eigenvalue weighted by molar-refractivity contribution is -0.147.